The number of anilines is 1. The van der Waals surface area contributed by atoms with Crippen LogP contribution in [0.15, 0.2) is 18.2 Å². The van der Waals surface area contributed by atoms with Crippen molar-refractivity contribution in [2.24, 2.45) is 0 Å². The summed E-state index contributed by atoms with van der Waals surface area (Å²) in [5.74, 6) is 0. The number of nitrogens with two attached hydrogens (primary N) is 1. The van der Waals surface area contributed by atoms with Gasteiger partial charge in [0, 0.05) is 12.6 Å². The van der Waals surface area contributed by atoms with E-state index in [0.29, 0.717) is 16.3 Å². The van der Waals surface area contributed by atoms with E-state index in [2.05, 4.69) is 0 Å². The normalized spacial score (nSPS) is 12.4. The topological polar surface area (TPSA) is 29.3 Å². The van der Waals surface area contributed by atoms with Gasteiger partial charge >= 0.3 is 6.18 Å². The average Bonchev–Trinajstić information content (AvgIpc) is 2.20. The zero-order valence-electron chi connectivity index (χ0n) is 10.3. The van der Waals surface area contributed by atoms with Crippen molar-refractivity contribution in [3.8, 4) is 0 Å². The van der Waals surface area contributed by atoms with Gasteiger partial charge in [-0.3, -0.25) is 4.90 Å². The molecule has 0 amide bonds. The summed E-state index contributed by atoms with van der Waals surface area (Å²) in [7, 11) is 0. The van der Waals surface area contributed by atoms with Gasteiger partial charge in [-0.05, 0) is 31.5 Å². The van der Waals surface area contributed by atoms with E-state index in [9.17, 15) is 13.2 Å². The Hall–Kier alpha value is -0.940. The van der Waals surface area contributed by atoms with Crippen molar-refractivity contribution in [2.45, 2.75) is 32.6 Å². The summed E-state index contributed by atoms with van der Waals surface area (Å²) in [6.07, 6.45) is -4.21. The first-order chi connectivity index (χ1) is 8.19. The largest absolute Gasteiger partial charge is 0.401 e. The molecule has 1 aromatic rings. The van der Waals surface area contributed by atoms with Crippen molar-refractivity contribution < 1.29 is 13.2 Å². The molecule has 1 rings (SSSR count). The standard InChI is InChI=1S/C12H16ClF3N2/c1-8(2)18(7-12(14,15)16)6-9-3-4-11(17)10(13)5-9/h3-5,8H,6-7,17H2,1-2H3. The van der Waals surface area contributed by atoms with Gasteiger partial charge in [0.25, 0.3) is 0 Å². The first-order valence-corrected chi connectivity index (χ1v) is 5.91. The summed E-state index contributed by atoms with van der Waals surface area (Å²) in [6.45, 7) is 2.71. The highest BCUT2D eigenvalue weighted by Gasteiger charge is 2.31. The SMILES string of the molecule is CC(C)N(Cc1ccc(N)c(Cl)c1)CC(F)(F)F. The maximum atomic E-state index is 12.4. The van der Waals surface area contributed by atoms with Crippen LogP contribution in [0.1, 0.15) is 19.4 Å². The fraction of sp³-hybridized carbons (Fsp3) is 0.500. The summed E-state index contributed by atoms with van der Waals surface area (Å²) < 4.78 is 37.3. The first-order valence-electron chi connectivity index (χ1n) is 5.54. The molecule has 0 saturated heterocycles. The second kappa shape index (κ2) is 5.80. The van der Waals surface area contributed by atoms with Crippen LogP contribution in [0.5, 0.6) is 0 Å². The van der Waals surface area contributed by atoms with Crippen LogP contribution in [0.3, 0.4) is 0 Å². The molecule has 0 atom stereocenters. The van der Waals surface area contributed by atoms with Crippen LogP contribution >= 0.6 is 11.6 Å². The molecule has 2 nitrogen and oxygen atoms in total. The minimum absolute atomic E-state index is 0.192. The summed E-state index contributed by atoms with van der Waals surface area (Å²) in [4.78, 5) is 1.34. The van der Waals surface area contributed by atoms with Crippen LogP contribution in [0.2, 0.25) is 5.02 Å². The molecule has 0 aromatic heterocycles. The minimum atomic E-state index is -4.21. The van der Waals surface area contributed by atoms with Crippen LogP contribution in [-0.4, -0.2) is 23.7 Å². The van der Waals surface area contributed by atoms with Crippen LogP contribution < -0.4 is 5.73 Å². The lowest BCUT2D eigenvalue weighted by atomic mass is 10.1. The second-order valence-electron chi connectivity index (χ2n) is 4.47. The second-order valence-corrected chi connectivity index (χ2v) is 4.88. The molecule has 0 unspecified atom stereocenters. The van der Waals surface area contributed by atoms with E-state index in [1.54, 1.807) is 32.0 Å². The molecule has 0 saturated carbocycles. The zero-order chi connectivity index (χ0) is 13.9. The lowest BCUT2D eigenvalue weighted by Crippen LogP contribution is -2.38. The lowest BCUT2D eigenvalue weighted by Gasteiger charge is -2.27. The molecule has 0 aliphatic rings. The molecule has 0 aliphatic heterocycles. The van der Waals surface area contributed by atoms with Gasteiger partial charge in [-0.15, -0.1) is 0 Å². The van der Waals surface area contributed by atoms with E-state index < -0.39 is 12.7 Å². The highest BCUT2D eigenvalue weighted by atomic mass is 35.5. The third-order valence-corrected chi connectivity index (χ3v) is 2.89. The number of alkyl halides is 3. The predicted octanol–water partition coefficient (Wildman–Crippen LogP) is 3.69. The molecule has 2 N–H and O–H groups in total. The van der Waals surface area contributed by atoms with Crippen molar-refractivity contribution in [1.29, 1.82) is 0 Å². The molecule has 0 spiro atoms. The van der Waals surface area contributed by atoms with Crippen LogP contribution in [0, 0.1) is 0 Å². The van der Waals surface area contributed by atoms with Crippen LogP contribution in [0.4, 0.5) is 18.9 Å². The van der Waals surface area contributed by atoms with Crippen molar-refractivity contribution in [1.82, 2.24) is 4.90 Å². The highest BCUT2D eigenvalue weighted by Crippen LogP contribution is 2.23. The molecule has 0 radical (unpaired) electrons. The average molecular weight is 281 g/mol. The number of benzene rings is 1. The number of halogens is 4. The van der Waals surface area contributed by atoms with Crippen molar-refractivity contribution in [3.63, 3.8) is 0 Å². The smallest absolute Gasteiger partial charge is 0.398 e. The Morgan fingerprint density at radius 1 is 1.33 bits per heavy atom. The van der Waals surface area contributed by atoms with Gasteiger partial charge in [0.15, 0.2) is 0 Å². The van der Waals surface area contributed by atoms with Crippen molar-refractivity contribution in [3.05, 3.63) is 28.8 Å². The van der Waals surface area contributed by atoms with E-state index in [1.165, 1.54) is 4.90 Å². The van der Waals surface area contributed by atoms with E-state index in [1.807, 2.05) is 0 Å². The van der Waals surface area contributed by atoms with Crippen molar-refractivity contribution in [2.75, 3.05) is 12.3 Å². The highest BCUT2D eigenvalue weighted by molar-refractivity contribution is 6.33. The summed E-state index contributed by atoms with van der Waals surface area (Å²) in [5.41, 5.74) is 6.69. The molecule has 102 valence electrons. The first kappa shape index (κ1) is 15.1. The molecule has 0 fully saturated rings. The fourth-order valence-corrected chi connectivity index (χ4v) is 1.76. The van der Waals surface area contributed by atoms with Crippen molar-refractivity contribution >= 4 is 17.3 Å². The fourth-order valence-electron chi connectivity index (χ4n) is 1.55. The Morgan fingerprint density at radius 3 is 2.39 bits per heavy atom. The predicted molar refractivity (Wildman–Crippen MR) is 67.5 cm³/mol. The van der Waals surface area contributed by atoms with Gasteiger partial charge in [-0.2, -0.15) is 13.2 Å². The maximum absolute atomic E-state index is 12.4. The lowest BCUT2D eigenvalue weighted by molar-refractivity contribution is -0.150. The third-order valence-electron chi connectivity index (χ3n) is 2.56. The van der Waals surface area contributed by atoms with Gasteiger partial charge in [0.2, 0.25) is 0 Å². The van der Waals surface area contributed by atoms with Gasteiger partial charge in [0.05, 0.1) is 17.3 Å². The Bertz CT molecular complexity index is 405. The van der Waals surface area contributed by atoms with E-state index in [-0.39, 0.29) is 12.6 Å². The number of rotatable bonds is 4. The Kier molecular flexibility index (Phi) is 4.87. The summed E-state index contributed by atoms with van der Waals surface area (Å²) in [6, 6.07) is 4.68. The minimum Gasteiger partial charge on any atom is -0.398 e. The summed E-state index contributed by atoms with van der Waals surface area (Å²) in [5, 5.41) is 0.364. The Balaban J connectivity index is 2.80. The Labute approximate surface area is 110 Å². The number of hydrogen-bond donors (Lipinski definition) is 1. The molecule has 0 aliphatic carbocycles. The third kappa shape index (κ3) is 4.74. The van der Waals surface area contributed by atoms with E-state index in [4.69, 9.17) is 17.3 Å². The number of hydrogen-bond acceptors (Lipinski definition) is 2. The Morgan fingerprint density at radius 2 is 1.94 bits per heavy atom. The molecule has 0 bridgehead atoms. The van der Waals surface area contributed by atoms with Gasteiger partial charge < -0.3 is 5.73 Å². The number of nitrogens with zero attached hydrogens (tertiary/aromatic N) is 1. The molecule has 6 heteroatoms. The van der Waals surface area contributed by atoms with Gasteiger partial charge in [-0.25, -0.2) is 0 Å². The summed E-state index contributed by atoms with van der Waals surface area (Å²) >= 11 is 5.84. The quantitative estimate of drug-likeness (QED) is 0.852. The van der Waals surface area contributed by atoms with E-state index >= 15 is 0 Å². The van der Waals surface area contributed by atoms with Crippen LogP contribution in [0.25, 0.3) is 0 Å². The van der Waals surface area contributed by atoms with Gasteiger partial charge in [0.1, 0.15) is 0 Å². The maximum Gasteiger partial charge on any atom is 0.401 e. The molecular weight excluding hydrogens is 265 g/mol. The number of nitrogen functional groups attached to an aromatic ring is 1. The molecule has 0 heterocycles. The van der Waals surface area contributed by atoms with E-state index in [0.717, 1.165) is 0 Å². The molecule has 18 heavy (non-hydrogen) atoms. The van der Waals surface area contributed by atoms with Gasteiger partial charge in [-0.1, -0.05) is 17.7 Å². The monoisotopic (exact) mass is 280 g/mol. The molecular formula is C12H16ClF3N2. The van der Waals surface area contributed by atoms with Crippen LogP contribution in [-0.2, 0) is 6.54 Å². The molecule has 1 aromatic carbocycles. The zero-order valence-corrected chi connectivity index (χ0v) is 11.0.